The minimum absolute atomic E-state index is 0.393. The number of nitrogens with one attached hydrogen (secondary N) is 1. The Morgan fingerprint density at radius 1 is 1.08 bits per heavy atom. The maximum Gasteiger partial charge on any atom is 0.416 e. The fourth-order valence-electron chi connectivity index (χ4n) is 1.75. The second-order valence-corrected chi connectivity index (χ2v) is 6.25. The van der Waals surface area contributed by atoms with Crippen LogP contribution in [0.3, 0.4) is 0 Å². The average Bonchev–Trinajstić information content (AvgIpc) is 2.48. The van der Waals surface area contributed by atoms with Crippen LogP contribution < -0.4 is 9.83 Å². The van der Waals surface area contributed by atoms with E-state index >= 15 is 0 Å². The van der Waals surface area contributed by atoms with Crippen molar-refractivity contribution in [3.05, 3.63) is 58.1 Å². The number of nitrogens with zero attached hydrogens (tertiary/aromatic N) is 1. The summed E-state index contributed by atoms with van der Waals surface area (Å²) in [6.07, 6.45) is -4.75. The summed E-state index contributed by atoms with van der Waals surface area (Å²) in [5.74, 6) is -0.865. The summed E-state index contributed by atoms with van der Waals surface area (Å²) in [4.78, 5) is 9.08. The molecule has 0 fully saturated rings. The molecule has 0 spiro atoms. The van der Waals surface area contributed by atoms with Crippen molar-refractivity contribution in [1.82, 2.24) is 0 Å². The van der Waals surface area contributed by atoms with Crippen molar-refractivity contribution in [3.63, 3.8) is 0 Å². The molecule has 11 heteroatoms. The third-order valence-electron chi connectivity index (χ3n) is 2.89. The number of hydrogen-bond donors (Lipinski definition) is 1. The molecule has 7 nitrogen and oxygen atoms in total. The zero-order chi connectivity index (χ0) is 18.1. The van der Waals surface area contributed by atoms with Crippen LogP contribution in [0.2, 0.25) is 0 Å². The van der Waals surface area contributed by atoms with Gasteiger partial charge in [0.1, 0.15) is 0 Å². The monoisotopic (exact) mass is 361 g/mol. The minimum atomic E-state index is -4.75. The molecular formula is C13H8F3N2O5S-. The molecule has 0 bridgehead atoms. The summed E-state index contributed by atoms with van der Waals surface area (Å²) in [6, 6.07) is 5.22. The number of hydrogen-bond acceptors (Lipinski definition) is 5. The topological polar surface area (TPSA) is 112 Å². The zero-order valence-electron chi connectivity index (χ0n) is 11.6. The number of non-ortho nitro benzene ring substituents is 1. The van der Waals surface area contributed by atoms with Gasteiger partial charge >= 0.3 is 6.18 Å². The van der Waals surface area contributed by atoms with Crippen LogP contribution in [0, 0.1) is 10.1 Å². The van der Waals surface area contributed by atoms with Gasteiger partial charge in [0.15, 0.2) is 0 Å². The van der Waals surface area contributed by atoms with Gasteiger partial charge in [0.05, 0.1) is 15.4 Å². The number of nitro groups is 1. The lowest BCUT2D eigenvalue weighted by Crippen LogP contribution is -2.16. The Labute approximate surface area is 133 Å². The van der Waals surface area contributed by atoms with Crippen LogP contribution >= 0.6 is 0 Å². The van der Waals surface area contributed by atoms with E-state index in [4.69, 9.17) is 0 Å². The van der Waals surface area contributed by atoms with E-state index < -0.39 is 48.7 Å². The Hall–Kier alpha value is -2.82. The van der Waals surface area contributed by atoms with Crippen molar-refractivity contribution in [3.8, 4) is 5.75 Å². The molecule has 0 saturated heterocycles. The van der Waals surface area contributed by atoms with Crippen LogP contribution in [0.4, 0.5) is 24.5 Å². The quantitative estimate of drug-likeness (QED) is 0.664. The lowest BCUT2D eigenvalue weighted by Gasteiger charge is -2.16. The van der Waals surface area contributed by atoms with Crippen molar-refractivity contribution < 1.29 is 31.6 Å². The van der Waals surface area contributed by atoms with Crippen molar-refractivity contribution in [1.29, 1.82) is 0 Å². The summed E-state index contributed by atoms with van der Waals surface area (Å²) in [7, 11) is -4.53. The molecule has 1 N–H and O–H groups in total. The Balaban J connectivity index is 2.43. The van der Waals surface area contributed by atoms with Gasteiger partial charge in [-0.3, -0.25) is 14.8 Å². The second kappa shape index (κ2) is 6.00. The van der Waals surface area contributed by atoms with Crippen LogP contribution in [0.25, 0.3) is 0 Å². The molecule has 24 heavy (non-hydrogen) atoms. The van der Waals surface area contributed by atoms with Crippen LogP contribution in [0.15, 0.2) is 47.4 Å². The van der Waals surface area contributed by atoms with Gasteiger partial charge in [-0.15, -0.1) is 0 Å². The Morgan fingerprint density at radius 2 is 1.75 bits per heavy atom. The maximum absolute atomic E-state index is 12.6. The van der Waals surface area contributed by atoms with Crippen LogP contribution in [-0.4, -0.2) is 13.3 Å². The van der Waals surface area contributed by atoms with Gasteiger partial charge < -0.3 is 5.11 Å². The molecule has 2 aromatic carbocycles. The Bertz CT molecular complexity index is 897. The fourth-order valence-corrected chi connectivity index (χ4v) is 2.86. The lowest BCUT2D eigenvalue weighted by atomic mass is 10.2. The van der Waals surface area contributed by atoms with Gasteiger partial charge in [0, 0.05) is 17.8 Å². The number of rotatable bonds is 4. The van der Waals surface area contributed by atoms with Gasteiger partial charge in [-0.1, -0.05) is 17.9 Å². The standard InChI is InChI=1S/C13H9F3N2O5S/c14-13(15,16)8-2-1-3-10(6-8)24(22,23)17-11-7-9(18(20)21)4-5-12(11)19/h1-7,17,19H/p-1. The SMILES string of the molecule is O=[N+]([O-])c1ccc([O-])c(NS(=O)(=O)c2cccc(C(F)(F)F)c2)c1. The molecule has 2 aromatic rings. The van der Waals surface area contributed by atoms with Crippen LogP contribution in [0.1, 0.15) is 5.56 Å². The second-order valence-electron chi connectivity index (χ2n) is 4.57. The third-order valence-corrected chi connectivity index (χ3v) is 4.25. The van der Waals surface area contributed by atoms with Crippen LogP contribution in [-0.2, 0) is 16.2 Å². The van der Waals surface area contributed by atoms with E-state index in [0.29, 0.717) is 18.2 Å². The largest absolute Gasteiger partial charge is 0.871 e. The molecule has 128 valence electrons. The van der Waals surface area contributed by atoms with Crippen LogP contribution in [0.5, 0.6) is 5.75 Å². The van der Waals surface area contributed by atoms with E-state index in [0.717, 1.165) is 24.3 Å². The van der Waals surface area contributed by atoms with Crippen molar-refractivity contribution in [2.75, 3.05) is 4.72 Å². The smallest absolute Gasteiger partial charge is 0.416 e. The normalized spacial score (nSPS) is 12.0. The molecule has 0 heterocycles. The molecular weight excluding hydrogens is 353 g/mol. The summed E-state index contributed by atoms with van der Waals surface area (Å²) < 4.78 is 64.0. The van der Waals surface area contributed by atoms with E-state index in [2.05, 4.69) is 0 Å². The van der Waals surface area contributed by atoms with Crippen molar-refractivity contribution >= 4 is 21.4 Å². The highest BCUT2D eigenvalue weighted by molar-refractivity contribution is 7.92. The summed E-state index contributed by atoms with van der Waals surface area (Å²) in [6.45, 7) is 0. The van der Waals surface area contributed by atoms with E-state index in [9.17, 15) is 36.8 Å². The predicted molar refractivity (Wildman–Crippen MR) is 74.8 cm³/mol. The molecule has 0 radical (unpaired) electrons. The highest BCUT2D eigenvalue weighted by Gasteiger charge is 2.31. The van der Waals surface area contributed by atoms with Gasteiger partial charge in [0.2, 0.25) is 0 Å². The molecule has 0 aromatic heterocycles. The zero-order valence-corrected chi connectivity index (χ0v) is 12.4. The Kier molecular flexibility index (Phi) is 4.38. The number of anilines is 1. The average molecular weight is 361 g/mol. The molecule has 0 aliphatic rings. The number of nitro benzene ring substituents is 1. The third kappa shape index (κ3) is 3.74. The number of alkyl halides is 3. The summed E-state index contributed by atoms with van der Waals surface area (Å²) in [5, 5.41) is 22.3. The summed E-state index contributed by atoms with van der Waals surface area (Å²) >= 11 is 0. The first-order chi connectivity index (χ1) is 11.0. The maximum atomic E-state index is 12.6. The first-order valence-electron chi connectivity index (χ1n) is 6.16. The number of halogens is 3. The molecule has 2 rings (SSSR count). The minimum Gasteiger partial charge on any atom is -0.871 e. The molecule has 0 aliphatic carbocycles. The van der Waals surface area contributed by atoms with Gasteiger partial charge in [-0.25, -0.2) is 8.42 Å². The van der Waals surface area contributed by atoms with E-state index in [-0.39, 0.29) is 0 Å². The van der Waals surface area contributed by atoms with Crippen molar-refractivity contribution in [2.45, 2.75) is 11.1 Å². The predicted octanol–water partition coefficient (Wildman–Crippen LogP) is 2.49. The van der Waals surface area contributed by atoms with Gasteiger partial charge in [-0.2, -0.15) is 13.2 Å². The molecule has 0 amide bonds. The molecule has 0 saturated carbocycles. The van der Waals surface area contributed by atoms with Gasteiger partial charge in [0.25, 0.3) is 15.7 Å². The number of sulfonamides is 1. The van der Waals surface area contributed by atoms with E-state index in [1.807, 2.05) is 0 Å². The summed E-state index contributed by atoms with van der Waals surface area (Å²) in [5.41, 5.74) is -2.37. The highest BCUT2D eigenvalue weighted by Crippen LogP contribution is 2.32. The molecule has 0 atom stereocenters. The van der Waals surface area contributed by atoms with E-state index in [1.165, 1.54) is 0 Å². The van der Waals surface area contributed by atoms with Crippen molar-refractivity contribution in [2.24, 2.45) is 0 Å². The van der Waals surface area contributed by atoms with E-state index in [1.54, 1.807) is 4.72 Å². The molecule has 0 aliphatic heterocycles. The lowest BCUT2D eigenvalue weighted by molar-refractivity contribution is -0.385. The molecule has 0 unspecified atom stereocenters. The first-order valence-corrected chi connectivity index (χ1v) is 7.64. The first kappa shape index (κ1) is 17.5. The number of benzene rings is 2. The van der Waals surface area contributed by atoms with Gasteiger partial charge in [-0.05, 0) is 18.2 Å². The fraction of sp³-hybridized carbons (Fsp3) is 0.0769. The highest BCUT2D eigenvalue weighted by atomic mass is 32.2. The Morgan fingerprint density at radius 3 is 2.33 bits per heavy atom.